The summed E-state index contributed by atoms with van der Waals surface area (Å²) in [6, 6.07) is 3.46. The van der Waals surface area contributed by atoms with Crippen LogP contribution in [0.4, 0.5) is 0 Å². The lowest BCUT2D eigenvalue weighted by Gasteiger charge is -2.41. The van der Waals surface area contributed by atoms with Gasteiger partial charge in [-0.25, -0.2) is 9.90 Å². The number of hydroxylamine groups is 4. The summed E-state index contributed by atoms with van der Waals surface area (Å²) < 4.78 is 0. The predicted molar refractivity (Wildman–Crippen MR) is 90.8 cm³/mol. The molecule has 1 aromatic rings. The highest BCUT2D eigenvalue weighted by molar-refractivity contribution is 6.31. The molecule has 1 amide bonds. The quantitative estimate of drug-likeness (QED) is 0.708. The summed E-state index contributed by atoms with van der Waals surface area (Å²) >= 11 is 6.07. The fourth-order valence-electron chi connectivity index (χ4n) is 3.80. The van der Waals surface area contributed by atoms with Crippen molar-refractivity contribution in [3.05, 3.63) is 39.6 Å². The average Bonchev–Trinajstić information content (AvgIpc) is 2.73. The Labute approximate surface area is 150 Å². The fourth-order valence-corrected chi connectivity index (χ4v) is 4.13. The molecule has 0 saturated carbocycles. The number of rotatable bonds is 3. The number of amides is 1. The van der Waals surface area contributed by atoms with Crippen molar-refractivity contribution in [3.63, 3.8) is 0 Å². The molecule has 0 unspecified atom stereocenters. The highest BCUT2D eigenvalue weighted by Gasteiger charge is 2.55. The second kappa shape index (κ2) is 6.59. The number of hydrogen-bond acceptors (Lipinski definition) is 6. The molecule has 0 radical (unpaired) electrons. The van der Waals surface area contributed by atoms with Gasteiger partial charge < -0.3 is 15.4 Å². The number of aliphatic hydroxyl groups is 2. The van der Waals surface area contributed by atoms with Crippen LogP contribution >= 0.6 is 11.6 Å². The molecule has 2 heterocycles. The van der Waals surface area contributed by atoms with E-state index >= 15 is 0 Å². The van der Waals surface area contributed by atoms with Gasteiger partial charge in [-0.15, -0.1) is 0 Å². The molecular formula is C17H21ClN2O5. The summed E-state index contributed by atoms with van der Waals surface area (Å²) in [4.78, 5) is 18.2. The van der Waals surface area contributed by atoms with Crippen LogP contribution < -0.4 is 0 Å². The third-order valence-corrected chi connectivity index (χ3v) is 5.18. The van der Waals surface area contributed by atoms with Crippen LogP contribution in [0.2, 0.25) is 5.02 Å². The van der Waals surface area contributed by atoms with Crippen LogP contribution in [0, 0.1) is 13.8 Å². The molecule has 3 N–H and O–H groups in total. The van der Waals surface area contributed by atoms with Gasteiger partial charge in [-0.1, -0.05) is 11.6 Å². The Morgan fingerprint density at radius 2 is 1.80 bits per heavy atom. The molecule has 0 aliphatic carbocycles. The zero-order chi connectivity index (χ0) is 18.4. The number of nitrogens with zero attached hydrogens (tertiary/aromatic N) is 2. The molecule has 136 valence electrons. The highest BCUT2D eigenvalue weighted by atomic mass is 35.5. The Hall–Kier alpha value is -1.64. The Balaban J connectivity index is 2.16. The molecule has 7 nitrogen and oxygen atoms in total. The van der Waals surface area contributed by atoms with E-state index in [9.17, 15) is 20.2 Å². The fraction of sp³-hybridized carbons (Fsp3) is 0.471. The van der Waals surface area contributed by atoms with Gasteiger partial charge in [0.05, 0.1) is 5.57 Å². The van der Waals surface area contributed by atoms with Crippen molar-refractivity contribution < 1.29 is 25.1 Å². The standard InChI is InChI=1S/C17H21ClN2O5/c1-10-7-12(18)8-11(2)13(10)14-15(22)17(3-5-19(24)6-4-17)20(16(14)23)25-9-21/h7-8,21-22,24H,3-6,9H2,1-2H3. The number of benzene rings is 1. The van der Waals surface area contributed by atoms with Gasteiger partial charge in [0.1, 0.15) is 11.3 Å². The largest absolute Gasteiger partial charge is 0.509 e. The van der Waals surface area contributed by atoms with Crippen LogP contribution in [0.3, 0.4) is 0 Å². The number of aryl methyl sites for hydroxylation is 2. The SMILES string of the molecule is Cc1cc(Cl)cc(C)c1C1=C(O)C2(CCN(O)CC2)N(OCO)C1=O. The van der Waals surface area contributed by atoms with Gasteiger partial charge >= 0.3 is 0 Å². The molecule has 8 heteroatoms. The molecular weight excluding hydrogens is 348 g/mol. The number of carbonyl (C=O) groups is 1. The predicted octanol–water partition coefficient (Wildman–Crippen LogP) is 2.17. The molecule has 2 aliphatic heterocycles. The number of carbonyl (C=O) groups excluding carboxylic acids is 1. The van der Waals surface area contributed by atoms with Crippen LogP contribution in [0.1, 0.15) is 29.5 Å². The summed E-state index contributed by atoms with van der Waals surface area (Å²) in [5.74, 6) is -0.598. The lowest BCUT2D eigenvalue weighted by atomic mass is 9.85. The van der Waals surface area contributed by atoms with Crippen molar-refractivity contribution >= 4 is 23.1 Å². The van der Waals surface area contributed by atoms with Gasteiger partial charge in [0.15, 0.2) is 6.79 Å². The number of halogens is 1. The first-order valence-electron chi connectivity index (χ1n) is 8.05. The van der Waals surface area contributed by atoms with Crippen LogP contribution in [0.15, 0.2) is 17.9 Å². The average molecular weight is 369 g/mol. The van der Waals surface area contributed by atoms with Crippen LogP contribution in [-0.4, -0.2) is 56.9 Å². The molecule has 1 spiro atoms. The number of piperidine rings is 1. The topological polar surface area (TPSA) is 93.5 Å². The second-order valence-corrected chi connectivity index (χ2v) is 6.92. The van der Waals surface area contributed by atoms with Crippen molar-refractivity contribution in [2.24, 2.45) is 0 Å². The van der Waals surface area contributed by atoms with E-state index < -0.39 is 18.2 Å². The van der Waals surface area contributed by atoms with E-state index in [1.807, 2.05) is 13.8 Å². The maximum absolute atomic E-state index is 13.0. The van der Waals surface area contributed by atoms with Crippen LogP contribution in [0.25, 0.3) is 5.57 Å². The van der Waals surface area contributed by atoms with Gasteiger partial charge in [0.2, 0.25) is 0 Å². The number of aliphatic hydroxyl groups excluding tert-OH is 2. The number of hydrogen-bond donors (Lipinski definition) is 3. The van der Waals surface area contributed by atoms with E-state index in [2.05, 4.69) is 0 Å². The molecule has 1 fully saturated rings. The van der Waals surface area contributed by atoms with E-state index in [1.54, 1.807) is 12.1 Å². The van der Waals surface area contributed by atoms with E-state index in [-0.39, 0.29) is 37.3 Å². The lowest BCUT2D eigenvalue weighted by molar-refractivity contribution is -0.253. The molecule has 3 rings (SSSR count). The lowest BCUT2D eigenvalue weighted by Crippen LogP contribution is -2.54. The maximum Gasteiger partial charge on any atom is 0.282 e. The summed E-state index contributed by atoms with van der Waals surface area (Å²) in [5, 5.41) is 32.6. The first-order chi connectivity index (χ1) is 11.8. The Morgan fingerprint density at radius 3 is 2.32 bits per heavy atom. The Morgan fingerprint density at radius 1 is 1.24 bits per heavy atom. The van der Waals surface area contributed by atoms with E-state index in [1.165, 1.54) is 0 Å². The van der Waals surface area contributed by atoms with Gasteiger partial charge in [-0.3, -0.25) is 4.79 Å². The van der Waals surface area contributed by atoms with Crippen molar-refractivity contribution in [2.75, 3.05) is 19.9 Å². The van der Waals surface area contributed by atoms with E-state index in [4.69, 9.17) is 16.4 Å². The first-order valence-corrected chi connectivity index (χ1v) is 8.42. The molecule has 0 atom stereocenters. The van der Waals surface area contributed by atoms with E-state index in [0.29, 0.717) is 10.6 Å². The Kier molecular flexibility index (Phi) is 4.78. The monoisotopic (exact) mass is 368 g/mol. The van der Waals surface area contributed by atoms with Gasteiger partial charge in [0.25, 0.3) is 5.91 Å². The Bertz CT molecular complexity index is 718. The van der Waals surface area contributed by atoms with Gasteiger partial charge in [-0.05, 0) is 55.5 Å². The smallest absolute Gasteiger partial charge is 0.282 e. The van der Waals surface area contributed by atoms with Crippen molar-refractivity contribution in [2.45, 2.75) is 32.2 Å². The zero-order valence-electron chi connectivity index (χ0n) is 14.1. The van der Waals surface area contributed by atoms with Crippen LogP contribution in [-0.2, 0) is 9.63 Å². The minimum absolute atomic E-state index is 0.0902. The molecule has 2 aliphatic rings. The summed E-state index contributed by atoms with van der Waals surface area (Å²) in [5.41, 5.74) is 1.21. The first kappa shape index (κ1) is 18.2. The van der Waals surface area contributed by atoms with Gasteiger partial charge in [-0.2, -0.15) is 5.06 Å². The minimum atomic E-state index is -1.09. The van der Waals surface area contributed by atoms with Crippen molar-refractivity contribution in [1.29, 1.82) is 0 Å². The normalized spacial score (nSPS) is 20.8. The highest BCUT2D eigenvalue weighted by Crippen LogP contribution is 2.46. The molecule has 1 aromatic carbocycles. The van der Waals surface area contributed by atoms with Crippen molar-refractivity contribution in [3.8, 4) is 0 Å². The summed E-state index contributed by atoms with van der Waals surface area (Å²) in [6.07, 6.45) is 0.576. The summed E-state index contributed by atoms with van der Waals surface area (Å²) in [7, 11) is 0. The van der Waals surface area contributed by atoms with E-state index in [0.717, 1.165) is 21.3 Å². The molecule has 1 saturated heterocycles. The van der Waals surface area contributed by atoms with Crippen LogP contribution in [0.5, 0.6) is 0 Å². The third-order valence-electron chi connectivity index (χ3n) is 4.97. The molecule has 0 bridgehead atoms. The maximum atomic E-state index is 13.0. The second-order valence-electron chi connectivity index (χ2n) is 6.48. The third kappa shape index (κ3) is 2.82. The molecule has 0 aromatic heterocycles. The molecule has 25 heavy (non-hydrogen) atoms. The van der Waals surface area contributed by atoms with Gasteiger partial charge in [0, 0.05) is 18.1 Å². The minimum Gasteiger partial charge on any atom is -0.509 e. The summed E-state index contributed by atoms with van der Waals surface area (Å²) in [6.45, 7) is 3.50. The zero-order valence-corrected chi connectivity index (χ0v) is 14.9. The van der Waals surface area contributed by atoms with Crippen molar-refractivity contribution in [1.82, 2.24) is 10.1 Å².